The van der Waals surface area contributed by atoms with Gasteiger partial charge in [0, 0.05) is 31.7 Å². The summed E-state index contributed by atoms with van der Waals surface area (Å²) in [6, 6.07) is 5.29. The number of hydrogen-bond donors (Lipinski definition) is 1. The lowest BCUT2D eigenvalue weighted by Crippen LogP contribution is -2.24. The van der Waals surface area contributed by atoms with Crippen molar-refractivity contribution in [2.75, 3.05) is 6.54 Å². The number of carbonyl (C=O) groups is 1. The van der Waals surface area contributed by atoms with E-state index >= 15 is 0 Å². The van der Waals surface area contributed by atoms with Crippen LogP contribution < -0.4 is 5.32 Å². The Hall–Kier alpha value is -2.54. The molecule has 0 unspecified atom stereocenters. The van der Waals surface area contributed by atoms with Crippen molar-refractivity contribution in [2.45, 2.75) is 26.4 Å². The predicted molar refractivity (Wildman–Crippen MR) is 89.0 cm³/mol. The molecule has 0 radical (unpaired) electrons. The van der Waals surface area contributed by atoms with E-state index in [1.165, 1.54) is 0 Å². The van der Waals surface area contributed by atoms with E-state index in [0.29, 0.717) is 36.2 Å². The van der Waals surface area contributed by atoms with Crippen LogP contribution >= 0.6 is 11.6 Å². The first-order chi connectivity index (χ1) is 11.6. The number of aryl methyl sites for hydroxylation is 2. The normalized spacial score (nSPS) is 10.9. The minimum Gasteiger partial charge on any atom is -0.454 e. The van der Waals surface area contributed by atoms with Crippen LogP contribution in [0.4, 0.5) is 0 Å². The molecule has 0 saturated heterocycles. The van der Waals surface area contributed by atoms with Gasteiger partial charge in [-0.3, -0.25) is 14.2 Å². The Kier molecular flexibility index (Phi) is 5.00. The average molecular weight is 348 g/mol. The molecule has 0 aliphatic rings. The average Bonchev–Trinajstić information content (AvgIpc) is 3.28. The second-order valence-corrected chi connectivity index (χ2v) is 5.81. The molecule has 126 valence electrons. The summed E-state index contributed by atoms with van der Waals surface area (Å²) in [6.45, 7) is 3.58. The van der Waals surface area contributed by atoms with Crippen LogP contribution in [-0.2, 0) is 13.1 Å². The highest BCUT2D eigenvalue weighted by Crippen LogP contribution is 2.12. The van der Waals surface area contributed by atoms with Crippen LogP contribution in [0.25, 0.3) is 0 Å². The van der Waals surface area contributed by atoms with Crippen molar-refractivity contribution in [2.24, 2.45) is 0 Å². The minimum atomic E-state index is -0.226. The van der Waals surface area contributed by atoms with Crippen molar-refractivity contribution < 1.29 is 9.21 Å². The molecule has 0 aromatic carbocycles. The van der Waals surface area contributed by atoms with Gasteiger partial charge in [0.2, 0.25) is 0 Å². The van der Waals surface area contributed by atoms with Gasteiger partial charge < -0.3 is 9.73 Å². The molecule has 3 heterocycles. The molecule has 3 aromatic heterocycles. The van der Waals surface area contributed by atoms with E-state index in [0.717, 1.165) is 12.1 Å². The summed E-state index contributed by atoms with van der Waals surface area (Å²) in [5.41, 5.74) is 0.806. The van der Waals surface area contributed by atoms with Gasteiger partial charge in [0.15, 0.2) is 5.76 Å². The predicted octanol–water partition coefficient (Wildman–Crippen LogP) is 2.50. The van der Waals surface area contributed by atoms with Gasteiger partial charge in [0.1, 0.15) is 5.76 Å². The minimum absolute atomic E-state index is 0.226. The number of rotatable bonds is 7. The fourth-order valence-corrected chi connectivity index (χ4v) is 2.43. The maximum absolute atomic E-state index is 12.1. The number of halogens is 1. The Morgan fingerprint density at radius 2 is 2.25 bits per heavy atom. The third kappa shape index (κ3) is 4.05. The summed E-state index contributed by atoms with van der Waals surface area (Å²) < 4.78 is 9.06. The first kappa shape index (κ1) is 16.3. The van der Waals surface area contributed by atoms with Crippen LogP contribution in [0.1, 0.15) is 28.4 Å². The highest BCUT2D eigenvalue weighted by molar-refractivity contribution is 6.31. The zero-order valence-corrected chi connectivity index (χ0v) is 14.0. The number of nitrogens with zero attached hydrogens (tertiary/aromatic N) is 4. The number of amides is 1. The zero-order valence-electron chi connectivity index (χ0n) is 13.3. The molecule has 0 bridgehead atoms. The Morgan fingerprint density at radius 3 is 2.96 bits per heavy atom. The Bertz CT molecular complexity index is 787. The Balaban J connectivity index is 1.44. The van der Waals surface area contributed by atoms with Gasteiger partial charge in [-0.2, -0.15) is 10.2 Å². The first-order valence-electron chi connectivity index (χ1n) is 7.66. The van der Waals surface area contributed by atoms with Crippen molar-refractivity contribution in [1.82, 2.24) is 24.9 Å². The summed E-state index contributed by atoms with van der Waals surface area (Å²) in [5, 5.41) is 11.9. The third-order valence-electron chi connectivity index (χ3n) is 3.50. The summed E-state index contributed by atoms with van der Waals surface area (Å²) in [5.74, 6) is 0.761. The summed E-state index contributed by atoms with van der Waals surface area (Å²) in [7, 11) is 0. The second kappa shape index (κ2) is 7.35. The maximum Gasteiger partial charge on any atom is 0.286 e. The molecule has 0 aliphatic carbocycles. The molecule has 7 nitrogen and oxygen atoms in total. The monoisotopic (exact) mass is 347 g/mol. The molecule has 3 aromatic rings. The van der Waals surface area contributed by atoms with E-state index in [1.807, 2.05) is 19.2 Å². The topological polar surface area (TPSA) is 77.9 Å². The number of nitrogens with one attached hydrogen (secondary N) is 1. The SMILES string of the molecule is Cc1nn(CCCNC(=O)c2ccc(Cn3cccn3)o2)cc1Cl. The van der Waals surface area contributed by atoms with E-state index < -0.39 is 0 Å². The van der Waals surface area contributed by atoms with E-state index in [4.69, 9.17) is 16.0 Å². The van der Waals surface area contributed by atoms with Gasteiger partial charge in [0.25, 0.3) is 5.91 Å². The zero-order chi connectivity index (χ0) is 16.9. The van der Waals surface area contributed by atoms with E-state index in [9.17, 15) is 4.79 Å². The molecular weight excluding hydrogens is 330 g/mol. The van der Waals surface area contributed by atoms with Gasteiger partial charge in [0.05, 0.1) is 17.3 Å². The Labute approximate surface area is 144 Å². The lowest BCUT2D eigenvalue weighted by molar-refractivity contribution is 0.0923. The number of hydrogen-bond acceptors (Lipinski definition) is 4. The van der Waals surface area contributed by atoms with E-state index in [-0.39, 0.29) is 5.91 Å². The molecule has 0 atom stereocenters. The number of aromatic nitrogens is 4. The number of carbonyl (C=O) groups excluding carboxylic acids is 1. The van der Waals surface area contributed by atoms with Gasteiger partial charge in [-0.05, 0) is 31.5 Å². The summed E-state index contributed by atoms with van der Waals surface area (Å²) in [4.78, 5) is 12.1. The van der Waals surface area contributed by atoms with Crippen LogP contribution in [0.2, 0.25) is 5.02 Å². The van der Waals surface area contributed by atoms with E-state index in [2.05, 4.69) is 15.5 Å². The first-order valence-corrected chi connectivity index (χ1v) is 8.03. The van der Waals surface area contributed by atoms with Crippen molar-refractivity contribution >= 4 is 17.5 Å². The molecule has 0 fully saturated rings. The van der Waals surface area contributed by atoms with Crippen LogP contribution in [0.15, 0.2) is 41.2 Å². The third-order valence-corrected chi connectivity index (χ3v) is 3.87. The van der Waals surface area contributed by atoms with Crippen LogP contribution in [0.3, 0.4) is 0 Å². The molecule has 1 N–H and O–H groups in total. The smallest absolute Gasteiger partial charge is 0.286 e. The van der Waals surface area contributed by atoms with Crippen molar-refractivity contribution in [3.63, 3.8) is 0 Å². The fraction of sp³-hybridized carbons (Fsp3) is 0.312. The van der Waals surface area contributed by atoms with Crippen molar-refractivity contribution in [3.8, 4) is 0 Å². The summed E-state index contributed by atoms with van der Waals surface area (Å²) >= 11 is 5.95. The van der Waals surface area contributed by atoms with Gasteiger partial charge in [-0.1, -0.05) is 11.6 Å². The fourth-order valence-electron chi connectivity index (χ4n) is 2.28. The second-order valence-electron chi connectivity index (χ2n) is 5.40. The molecule has 0 spiro atoms. The highest BCUT2D eigenvalue weighted by atomic mass is 35.5. The van der Waals surface area contributed by atoms with Gasteiger partial charge in [-0.25, -0.2) is 0 Å². The molecule has 24 heavy (non-hydrogen) atoms. The van der Waals surface area contributed by atoms with Crippen LogP contribution in [0, 0.1) is 6.92 Å². The van der Waals surface area contributed by atoms with Crippen LogP contribution in [-0.4, -0.2) is 32.0 Å². The lowest BCUT2D eigenvalue weighted by Gasteiger charge is -2.04. The van der Waals surface area contributed by atoms with Crippen molar-refractivity contribution in [1.29, 1.82) is 0 Å². The molecular formula is C16H18ClN5O2. The lowest BCUT2D eigenvalue weighted by atomic mass is 10.3. The largest absolute Gasteiger partial charge is 0.454 e. The number of furan rings is 1. The Morgan fingerprint density at radius 1 is 1.38 bits per heavy atom. The maximum atomic E-state index is 12.1. The highest BCUT2D eigenvalue weighted by Gasteiger charge is 2.11. The molecule has 8 heteroatoms. The molecule has 3 rings (SSSR count). The quantitative estimate of drug-likeness (QED) is 0.666. The van der Waals surface area contributed by atoms with E-state index in [1.54, 1.807) is 33.9 Å². The van der Waals surface area contributed by atoms with Gasteiger partial charge in [-0.15, -0.1) is 0 Å². The van der Waals surface area contributed by atoms with Crippen LogP contribution in [0.5, 0.6) is 0 Å². The molecule has 0 aliphatic heterocycles. The standard InChI is InChI=1S/C16H18ClN5O2/c1-12-14(17)11-22(20-12)9-2-6-18-16(23)15-5-4-13(24-15)10-21-8-3-7-19-21/h3-5,7-8,11H,2,6,9-10H2,1H3,(H,18,23). The van der Waals surface area contributed by atoms with Gasteiger partial charge >= 0.3 is 0 Å². The molecule has 1 amide bonds. The van der Waals surface area contributed by atoms with Crippen molar-refractivity contribution in [3.05, 3.63) is 59.0 Å². The summed E-state index contributed by atoms with van der Waals surface area (Å²) in [6.07, 6.45) is 6.08. The molecule has 0 saturated carbocycles.